The van der Waals surface area contributed by atoms with Crippen LogP contribution < -0.4 is 0 Å². The summed E-state index contributed by atoms with van der Waals surface area (Å²) in [6, 6.07) is 20.9. The number of likely N-dealkylation sites (tertiary alicyclic amines) is 1. The number of aryl methyl sites for hydroxylation is 2. The summed E-state index contributed by atoms with van der Waals surface area (Å²) in [7, 11) is 0. The number of rotatable bonds is 5. The monoisotopic (exact) mass is 373 g/mol. The number of carbonyl (C=O) groups is 1. The zero-order valence-corrected chi connectivity index (χ0v) is 16.4. The fourth-order valence-corrected chi connectivity index (χ4v) is 4.15. The molecule has 1 atom stereocenters. The highest BCUT2D eigenvalue weighted by Crippen LogP contribution is 2.29. The van der Waals surface area contributed by atoms with Gasteiger partial charge in [0.15, 0.2) is 0 Å². The molecule has 2 aromatic carbocycles. The van der Waals surface area contributed by atoms with Gasteiger partial charge in [-0.1, -0.05) is 60.7 Å². The van der Waals surface area contributed by atoms with E-state index in [-0.39, 0.29) is 11.9 Å². The maximum Gasteiger partial charge on any atom is 0.222 e. The number of hydrogen-bond donors (Lipinski definition) is 0. The second-order valence-electron chi connectivity index (χ2n) is 7.58. The van der Waals surface area contributed by atoms with Gasteiger partial charge in [0.2, 0.25) is 5.91 Å². The lowest BCUT2D eigenvalue weighted by atomic mass is 10.0. The smallest absolute Gasteiger partial charge is 0.222 e. The molecule has 0 saturated carbocycles. The number of imidazole rings is 1. The van der Waals surface area contributed by atoms with E-state index in [1.807, 2.05) is 47.5 Å². The predicted molar refractivity (Wildman–Crippen MR) is 112 cm³/mol. The Morgan fingerprint density at radius 2 is 1.79 bits per heavy atom. The minimum atomic E-state index is 0.257. The van der Waals surface area contributed by atoms with E-state index in [4.69, 9.17) is 0 Å². The van der Waals surface area contributed by atoms with Gasteiger partial charge in [-0.25, -0.2) is 4.98 Å². The molecular formula is C24H27N3O. The van der Waals surface area contributed by atoms with Crippen molar-refractivity contribution in [3.05, 3.63) is 78.1 Å². The van der Waals surface area contributed by atoms with E-state index < -0.39 is 0 Å². The van der Waals surface area contributed by atoms with Crippen molar-refractivity contribution in [1.29, 1.82) is 0 Å². The molecule has 0 radical (unpaired) electrons. The lowest BCUT2D eigenvalue weighted by Gasteiger charge is -2.35. The first-order valence-electron chi connectivity index (χ1n) is 10.1. The number of amides is 1. The van der Waals surface area contributed by atoms with Crippen molar-refractivity contribution in [2.45, 2.75) is 38.6 Å². The Bertz CT molecular complexity index is 918. The van der Waals surface area contributed by atoms with Gasteiger partial charge < -0.3 is 9.47 Å². The van der Waals surface area contributed by atoms with Crippen molar-refractivity contribution in [2.75, 3.05) is 13.1 Å². The highest BCUT2D eigenvalue weighted by molar-refractivity contribution is 5.76. The second kappa shape index (κ2) is 8.42. The Morgan fingerprint density at radius 1 is 1.07 bits per heavy atom. The van der Waals surface area contributed by atoms with Gasteiger partial charge in [0.05, 0.1) is 6.04 Å². The Hall–Kier alpha value is -2.88. The van der Waals surface area contributed by atoms with Crippen LogP contribution in [0.4, 0.5) is 0 Å². The summed E-state index contributed by atoms with van der Waals surface area (Å²) in [5.41, 5.74) is 3.51. The van der Waals surface area contributed by atoms with Gasteiger partial charge in [-0.15, -0.1) is 0 Å². The molecule has 3 aromatic rings. The molecule has 4 nitrogen and oxygen atoms in total. The first kappa shape index (κ1) is 18.5. The molecule has 0 bridgehead atoms. The lowest BCUT2D eigenvalue weighted by molar-refractivity contribution is -0.132. The van der Waals surface area contributed by atoms with E-state index in [9.17, 15) is 4.79 Å². The zero-order valence-electron chi connectivity index (χ0n) is 16.4. The average molecular weight is 374 g/mol. The van der Waals surface area contributed by atoms with E-state index in [2.05, 4.69) is 40.7 Å². The third-order valence-corrected chi connectivity index (χ3v) is 5.60. The Balaban J connectivity index is 1.47. The van der Waals surface area contributed by atoms with Gasteiger partial charge in [-0.3, -0.25) is 4.79 Å². The van der Waals surface area contributed by atoms with Gasteiger partial charge in [0, 0.05) is 37.0 Å². The highest BCUT2D eigenvalue weighted by atomic mass is 16.2. The fraction of sp³-hybridized carbons (Fsp3) is 0.333. The molecule has 1 aliphatic rings. The van der Waals surface area contributed by atoms with Crippen molar-refractivity contribution in [3.8, 4) is 11.4 Å². The van der Waals surface area contributed by atoms with Crippen molar-refractivity contribution >= 4 is 5.91 Å². The topological polar surface area (TPSA) is 38.1 Å². The third kappa shape index (κ3) is 4.01. The molecule has 4 rings (SSSR count). The molecule has 4 heteroatoms. The summed E-state index contributed by atoms with van der Waals surface area (Å²) in [5, 5.41) is 0. The van der Waals surface area contributed by atoms with Crippen LogP contribution in [-0.2, 0) is 11.2 Å². The van der Waals surface area contributed by atoms with Crippen LogP contribution >= 0.6 is 0 Å². The van der Waals surface area contributed by atoms with Gasteiger partial charge >= 0.3 is 0 Å². The minimum absolute atomic E-state index is 0.257. The summed E-state index contributed by atoms with van der Waals surface area (Å²) < 4.78 is 2.33. The minimum Gasteiger partial charge on any atom is -0.341 e. The summed E-state index contributed by atoms with van der Waals surface area (Å²) in [5.74, 6) is 1.26. The van der Waals surface area contributed by atoms with Crippen LogP contribution in [0.25, 0.3) is 11.4 Å². The van der Waals surface area contributed by atoms with Crippen LogP contribution in [0.2, 0.25) is 0 Å². The first-order chi connectivity index (χ1) is 13.7. The Morgan fingerprint density at radius 3 is 2.54 bits per heavy atom. The molecule has 1 aliphatic heterocycles. The number of benzene rings is 2. The van der Waals surface area contributed by atoms with Crippen molar-refractivity contribution < 1.29 is 4.79 Å². The van der Waals surface area contributed by atoms with E-state index in [0.717, 1.165) is 49.4 Å². The number of carbonyl (C=O) groups excluding carboxylic acids is 1. The van der Waals surface area contributed by atoms with Gasteiger partial charge in [0.25, 0.3) is 0 Å². The molecule has 0 N–H and O–H groups in total. The zero-order chi connectivity index (χ0) is 19.3. The third-order valence-electron chi connectivity index (χ3n) is 5.60. The maximum absolute atomic E-state index is 12.8. The van der Waals surface area contributed by atoms with Crippen molar-refractivity contribution in [1.82, 2.24) is 14.5 Å². The molecule has 0 aliphatic carbocycles. The van der Waals surface area contributed by atoms with Gasteiger partial charge in [-0.2, -0.15) is 0 Å². The van der Waals surface area contributed by atoms with E-state index in [1.54, 1.807) is 0 Å². The normalized spacial score (nSPS) is 16.9. The number of aromatic nitrogens is 2. The van der Waals surface area contributed by atoms with Crippen molar-refractivity contribution in [2.24, 2.45) is 0 Å². The molecule has 144 valence electrons. The van der Waals surface area contributed by atoms with E-state index in [0.29, 0.717) is 6.42 Å². The maximum atomic E-state index is 12.8. The van der Waals surface area contributed by atoms with Crippen LogP contribution in [0.3, 0.4) is 0 Å². The van der Waals surface area contributed by atoms with Gasteiger partial charge in [-0.05, 0) is 31.7 Å². The number of piperidine rings is 1. The van der Waals surface area contributed by atoms with Crippen LogP contribution in [0, 0.1) is 6.92 Å². The highest BCUT2D eigenvalue weighted by Gasteiger charge is 2.27. The average Bonchev–Trinajstić information content (AvgIpc) is 3.15. The first-order valence-corrected chi connectivity index (χ1v) is 10.1. The lowest BCUT2D eigenvalue weighted by Crippen LogP contribution is -2.41. The fourth-order valence-electron chi connectivity index (χ4n) is 4.15. The number of nitrogens with zero attached hydrogens (tertiary/aromatic N) is 3. The van der Waals surface area contributed by atoms with E-state index >= 15 is 0 Å². The Labute approximate surface area is 166 Å². The van der Waals surface area contributed by atoms with Crippen LogP contribution in [0.5, 0.6) is 0 Å². The van der Waals surface area contributed by atoms with Crippen molar-refractivity contribution in [3.63, 3.8) is 0 Å². The standard InChI is InChI=1S/C24H27N3O/c1-19-17-25-24(21-11-6-3-7-12-21)27(19)22-13-8-16-26(18-22)23(28)15-14-20-9-4-2-5-10-20/h2-7,9-12,17,22H,8,13-16,18H2,1H3. The molecule has 1 aromatic heterocycles. The number of hydrogen-bond acceptors (Lipinski definition) is 2. The van der Waals surface area contributed by atoms with Crippen LogP contribution in [-0.4, -0.2) is 33.4 Å². The largest absolute Gasteiger partial charge is 0.341 e. The summed E-state index contributed by atoms with van der Waals surface area (Å²) >= 11 is 0. The molecule has 1 unspecified atom stereocenters. The quantitative estimate of drug-likeness (QED) is 0.653. The van der Waals surface area contributed by atoms with Crippen LogP contribution in [0.15, 0.2) is 66.9 Å². The Kier molecular flexibility index (Phi) is 5.56. The molecule has 1 saturated heterocycles. The van der Waals surface area contributed by atoms with Gasteiger partial charge in [0.1, 0.15) is 5.82 Å². The molecule has 2 heterocycles. The molecule has 1 amide bonds. The summed E-state index contributed by atoms with van der Waals surface area (Å²) in [6.45, 7) is 3.73. The predicted octanol–water partition coefficient (Wildman–Crippen LogP) is 4.65. The summed E-state index contributed by atoms with van der Waals surface area (Å²) in [6.07, 6.45) is 5.44. The molecule has 28 heavy (non-hydrogen) atoms. The van der Waals surface area contributed by atoms with Crippen LogP contribution in [0.1, 0.15) is 36.6 Å². The molecule has 0 spiro atoms. The summed E-state index contributed by atoms with van der Waals surface area (Å²) in [4.78, 5) is 19.5. The van der Waals surface area contributed by atoms with E-state index in [1.165, 1.54) is 5.56 Å². The second-order valence-corrected chi connectivity index (χ2v) is 7.58. The molecular weight excluding hydrogens is 346 g/mol. The SMILES string of the molecule is Cc1cnc(-c2ccccc2)n1C1CCCN(C(=O)CCc2ccccc2)C1. The molecule has 1 fully saturated rings.